The molecule has 5 heteroatoms. The summed E-state index contributed by atoms with van der Waals surface area (Å²) in [6.45, 7) is 3.05. The van der Waals surface area contributed by atoms with Crippen LogP contribution in [-0.2, 0) is 19.1 Å². The second-order valence-corrected chi connectivity index (χ2v) is 2.42. The summed E-state index contributed by atoms with van der Waals surface area (Å²) < 4.78 is 9.04. The van der Waals surface area contributed by atoms with E-state index < -0.39 is 11.9 Å². The van der Waals surface area contributed by atoms with Crippen LogP contribution in [0.5, 0.6) is 0 Å². The fourth-order valence-corrected chi connectivity index (χ4v) is 0.610. The quantitative estimate of drug-likeness (QED) is 0.503. The second-order valence-electron chi connectivity index (χ2n) is 2.42. The number of carbonyl (C=O) groups is 2. The Morgan fingerprint density at radius 3 is 2.31 bits per heavy atom. The van der Waals surface area contributed by atoms with Crippen LogP contribution in [-0.4, -0.2) is 30.9 Å². The van der Waals surface area contributed by atoms with Gasteiger partial charge in [0.2, 0.25) is 0 Å². The number of carbonyl (C=O) groups excluding carboxylic acids is 2. The predicted molar refractivity (Wildman–Crippen MR) is 45.6 cm³/mol. The molecule has 0 aliphatic heterocycles. The maximum atomic E-state index is 10.8. The molecule has 1 N–H and O–H groups in total. The van der Waals surface area contributed by atoms with Crippen LogP contribution in [0.25, 0.3) is 0 Å². The van der Waals surface area contributed by atoms with E-state index in [2.05, 4.69) is 9.47 Å². The van der Waals surface area contributed by atoms with E-state index in [1.165, 1.54) is 6.92 Å². The lowest BCUT2D eigenvalue weighted by molar-refractivity contribution is -0.157. The van der Waals surface area contributed by atoms with Crippen LogP contribution in [0, 0.1) is 5.41 Å². The summed E-state index contributed by atoms with van der Waals surface area (Å²) in [6, 6.07) is 0. The van der Waals surface area contributed by atoms with Crippen LogP contribution in [0.4, 0.5) is 0 Å². The Bertz CT molecular complexity index is 212. The van der Waals surface area contributed by atoms with Gasteiger partial charge in [-0.05, 0) is 13.8 Å². The minimum atomic E-state index is -0.583. The van der Waals surface area contributed by atoms with Gasteiger partial charge in [0.15, 0.2) is 6.61 Å². The molecule has 0 fully saturated rings. The molecule has 0 aliphatic carbocycles. The van der Waals surface area contributed by atoms with Crippen molar-refractivity contribution in [1.29, 1.82) is 5.41 Å². The fraction of sp³-hybridized carbons (Fsp3) is 0.625. The molecule has 0 atom stereocenters. The minimum absolute atomic E-state index is 0.0839. The molecule has 0 amide bonds. The largest absolute Gasteiger partial charge is 0.463 e. The third-order valence-electron chi connectivity index (χ3n) is 1.07. The van der Waals surface area contributed by atoms with Gasteiger partial charge in [-0.25, -0.2) is 4.79 Å². The molecule has 5 nitrogen and oxygen atoms in total. The number of rotatable bonds is 5. The molecule has 0 heterocycles. The van der Waals surface area contributed by atoms with Crippen molar-refractivity contribution in [2.45, 2.75) is 20.3 Å². The topological polar surface area (TPSA) is 76.5 Å². The molecule has 0 aromatic carbocycles. The lowest BCUT2D eigenvalue weighted by Gasteiger charge is -2.03. The van der Waals surface area contributed by atoms with Crippen molar-refractivity contribution in [2.75, 3.05) is 13.2 Å². The first-order chi connectivity index (χ1) is 6.06. The normalized spacial score (nSPS) is 9.08. The standard InChI is InChI=1S/C8H13NO4/c1-3-12-8(11)5-13-7(10)4-6(2)9/h9H,3-5H2,1-2H3. The van der Waals surface area contributed by atoms with Crippen molar-refractivity contribution in [1.82, 2.24) is 0 Å². The zero-order chi connectivity index (χ0) is 10.3. The van der Waals surface area contributed by atoms with Gasteiger partial charge in [0.05, 0.1) is 13.0 Å². The van der Waals surface area contributed by atoms with Gasteiger partial charge in [0.25, 0.3) is 0 Å². The fourth-order valence-electron chi connectivity index (χ4n) is 0.610. The van der Waals surface area contributed by atoms with Crippen LogP contribution in [0.1, 0.15) is 20.3 Å². The molecule has 0 bridgehead atoms. The van der Waals surface area contributed by atoms with Crippen LogP contribution < -0.4 is 0 Å². The highest BCUT2D eigenvalue weighted by molar-refractivity contribution is 5.96. The van der Waals surface area contributed by atoms with E-state index in [0.29, 0.717) is 0 Å². The van der Waals surface area contributed by atoms with E-state index in [-0.39, 0.29) is 25.3 Å². The first-order valence-corrected chi connectivity index (χ1v) is 3.91. The Balaban J connectivity index is 3.58. The van der Waals surface area contributed by atoms with E-state index in [9.17, 15) is 9.59 Å². The lowest BCUT2D eigenvalue weighted by Crippen LogP contribution is -2.17. The van der Waals surface area contributed by atoms with Gasteiger partial charge in [-0.15, -0.1) is 0 Å². The molecule has 0 saturated carbocycles. The third-order valence-corrected chi connectivity index (χ3v) is 1.07. The highest BCUT2D eigenvalue weighted by Crippen LogP contribution is 1.89. The van der Waals surface area contributed by atoms with Crippen molar-refractivity contribution in [3.63, 3.8) is 0 Å². The molecule has 0 rings (SSSR count). The number of hydrogen-bond donors (Lipinski definition) is 1. The molecule has 0 aromatic heterocycles. The van der Waals surface area contributed by atoms with Crippen molar-refractivity contribution in [2.24, 2.45) is 0 Å². The van der Waals surface area contributed by atoms with Crippen molar-refractivity contribution >= 4 is 17.7 Å². The number of ether oxygens (including phenoxy) is 2. The molecule has 0 radical (unpaired) electrons. The first-order valence-electron chi connectivity index (χ1n) is 3.91. The average molecular weight is 187 g/mol. The third kappa shape index (κ3) is 6.99. The Labute approximate surface area is 76.5 Å². The number of hydrogen-bond acceptors (Lipinski definition) is 5. The first kappa shape index (κ1) is 11.6. The molecule has 0 aliphatic rings. The smallest absolute Gasteiger partial charge is 0.344 e. The zero-order valence-electron chi connectivity index (χ0n) is 7.75. The van der Waals surface area contributed by atoms with Crippen LogP contribution >= 0.6 is 0 Å². The Kier molecular flexibility index (Phi) is 5.50. The second kappa shape index (κ2) is 6.16. The van der Waals surface area contributed by atoms with E-state index in [4.69, 9.17) is 5.41 Å². The summed E-state index contributed by atoms with van der Waals surface area (Å²) in [5, 5.41) is 6.97. The monoisotopic (exact) mass is 187 g/mol. The van der Waals surface area contributed by atoms with Gasteiger partial charge < -0.3 is 14.9 Å². The van der Waals surface area contributed by atoms with Crippen LogP contribution in [0.15, 0.2) is 0 Å². The molecule has 13 heavy (non-hydrogen) atoms. The summed E-state index contributed by atoms with van der Waals surface area (Å²) >= 11 is 0. The summed E-state index contributed by atoms with van der Waals surface area (Å²) in [7, 11) is 0. The summed E-state index contributed by atoms with van der Waals surface area (Å²) in [6.07, 6.45) is -0.0839. The van der Waals surface area contributed by atoms with Gasteiger partial charge in [-0.3, -0.25) is 4.79 Å². The summed E-state index contributed by atoms with van der Waals surface area (Å²) in [4.78, 5) is 21.5. The van der Waals surface area contributed by atoms with Crippen LogP contribution in [0.3, 0.4) is 0 Å². The molecule has 0 aromatic rings. The van der Waals surface area contributed by atoms with Gasteiger partial charge in [-0.2, -0.15) is 0 Å². The lowest BCUT2D eigenvalue weighted by atomic mass is 10.3. The predicted octanol–water partition coefficient (Wildman–Crippen LogP) is 0.522. The van der Waals surface area contributed by atoms with Crippen LogP contribution in [0.2, 0.25) is 0 Å². The zero-order valence-corrected chi connectivity index (χ0v) is 7.75. The maximum absolute atomic E-state index is 10.8. The van der Waals surface area contributed by atoms with Crippen molar-refractivity contribution in [3.8, 4) is 0 Å². The van der Waals surface area contributed by atoms with Gasteiger partial charge in [-0.1, -0.05) is 0 Å². The summed E-state index contributed by atoms with van der Waals surface area (Å²) in [5.41, 5.74) is 0.203. The molecule has 0 saturated heterocycles. The highest BCUT2D eigenvalue weighted by Gasteiger charge is 2.08. The van der Waals surface area contributed by atoms with E-state index >= 15 is 0 Å². The SMILES string of the molecule is CCOC(=O)COC(=O)CC(C)=N. The molecule has 0 unspecified atom stereocenters. The summed E-state index contributed by atoms with van der Waals surface area (Å²) in [5.74, 6) is -1.15. The number of esters is 2. The Hall–Kier alpha value is -1.39. The number of nitrogens with one attached hydrogen (secondary N) is 1. The van der Waals surface area contributed by atoms with Gasteiger partial charge in [0.1, 0.15) is 0 Å². The molecular weight excluding hydrogens is 174 g/mol. The van der Waals surface area contributed by atoms with Crippen molar-refractivity contribution in [3.05, 3.63) is 0 Å². The van der Waals surface area contributed by atoms with E-state index in [1.54, 1.807) is 6.92 Å². The van der Waals surface area contributed by atoms with E-state index in [1.807, 2.05) is 0 Å². The average Bonchev–Trinajstić information content (AvgIpc) is 2.00. The molecule has 74 valence electrons. The molecule has 0 spiro atoms. The van der Waals surface area contributed by atoms with E-state index in [0.717, 1.165) is 0 Å². The van der Waals surface area contributed by atoms with Gasteiger partial charge >= 0.3 is 11.9 Å². The molecular formula is C8H13NO4. The Morgan fingerprint density at radius 1 is 1.23 bits per heavy atom. The van der Waals surface area contributed by atoms with Crippen molar-refractivity contribution < 1.29 is 19.1 Å². The maximum Gasteiger partial charge on any atom is 0.344 e. The van der Waals surface area contributed by atoms with Gasteiger partial charge in [0, 0.05) is 5.71 Å². The highest BCUT2D eigenvalue weighted by atomic mass is 16.6. The Morgan fingerprint density at radius 2 is 1.85 bits per heavy atom. The minimum Gasteiger partial charge on any atom is -0.463 e.